The first-order valence-electron chi connectivity index (χ1n) is 5.94. The number of benzene rings is 1. The molecule has 1 unspecified atom stereocenters. The van der Waals surface area contributed by atoms with Crippen LogP contribution in [0.25, 0.3) is 11.4 Å². The van der Waals surface area contributed by atoms with Crippen LogP contribution < -0.4 is 0 Å². The molecule has 0 radical (unpaired) electrons. The third kappa shape index (κ3) is 3.21. The lowest BCUT2D eigenvalue weighted by Crippen LogP contribution is -2.20. The quantitative estimate of drug-likeness (QED) is 0.922. The fourth-order valence-corrected chi connectivity index (χ4v) is 2.03. The summed E-state index contributed by atoms with van der Waals surface area (Å²) >= 11 is 3.46. The summed E-state index contributed by atoms with van der Waals surface area (Å²) in [6.45, 7) is 3.87. The molecule has 0 aliphatic heterocycles. The number of rotatable bonds is 4. The molecule has 0 saturated carbocycles. The Balaban J connectivity index is 2.25. The second-order valence-corrected chi connectivity index (χ2v) is 5.33. The Morgan fingerprint density at radius 2 is 1.90 bits per heavy atom. The lowest BCUT2D eigenvalue weighted by molar-refractivity contribution is -0.00754. The Morgan fingerprint density at radius 3 is 2.45 bits per heavy atom. The van der Waals surface area contributed by atoms with E-state index in [-0.39, 0.29) is 12.3 Å². The van der Waals surface area contributed by atoms with E-state index in [9.17, 15) is 8.78 Å². The van der Waals surface area contributed by atoms with Gasteiger partial charge in [-0.15, -0.1) is 0 Å². The number of alkyl halides is 2. The Hall–Kier alpha value is -1.34. The molecule has 1 aromatic heterocycles. The van der Waals surface area contributed by atoms with Crippen molar-refractivity contribution in [2.24, 2.45) is 0 Å². The average Bonchev–Trinajstić information content (AvgIpc) is 2.83. The number of nitrogens with zero attached hydrogens (tertiary/aromatic N) is 2. The van der Waals surface area contributed by atoms with Crippen LogP contribution in [-0.2, 0) is 6.42 Å². The number of halogens is 3. The van der Waals surface area contributed by atoms with Crippen LogP contribution in [-0.4, -0.2) is 27.8 Å². The van der Waals surface area contributed by atoms with E-state index in [0.29, 0.717) is 5.82 Å². The second kappa shape index (κ2) is 5.97. The Labute approximate surface area is 122 Å². The smallest absolute Gasteiger partial charge is 0.264 e. The van der Waals surface area contributed by atoms with Gasteiger partial charge in [0.1, 0.15) is 6.10 Å². The molecule has 20 heavy (non-hydrogen) atoms. The van der Waals surface area contributed by atoms with Crippen molar-refractivity contribution < 1.29 is 18.4 Å². The minimum Gasteiger partial charge on any atom is -0.387 e. The molecule has 1 atom stereocenters. The molecule has 0 spiro atoms. The van der Waals surface area contributed by atoms with Gasteiger partial charge in [0.25, 0.3) is 6.43 Å². The fraction of sp³-hybridized carbons (Fsp3) is 0.385. The summed E-state index contributed by atoms with van der Waals surface area (Å²) in [6, 6.07) is 3.74. The van der Waals surface area contributed by atoms with E-state index in [1.54, 1.807) is 0 Å². The maximum atomic E-state index is 12.2. The van der Waals surface area contributed by atoms with Crippen LogP contribution in [0, 0.1) is 13.8 Å². The summed E-state index contributed by atoms with van der Waals surface area (Å²) in [6.07, 6.45) is -4.99. The van der Waals surface area contributed by atoms with E-state index in [2.05, 4.69) is 26.1 Å². The highest BCUT2D eigenvalue weighted by Gasteiger charge is 2.21. The van der Waals surface area contributed by atoms with Crippen LogP contribution in [0.5, 0.6) is 0 Å². The third-order valence-electron chi connectivity index (χ3n) is 2.84. The van der Waals surface area contributed by atoms with Crippen molar-refractivity contribution in [1.82, 2.24) is 10.1 Å². The van der Waals surface area contributed by atoms with E-state index in [1.165, 1.54) is 0 Å². The average molecular weight is 347 g/mol. The molecule has 4 nitrogen and oxygen atoms in total. The van der Waals surface area contributed by atoms with E-state index in [0.717, 1.165) is 21.2 Å². The van der Waals surface area contributed by atoms with Crippen molar-refractivity contribution in [1.29, 1.82) is 0 Å². The first-order valence-corrected chi connectivity index (χ1v) is 6.73. The van der Waals surface area contributed by atoms with Crippen LogP contribution in [0.3, 0.4) is 0 Å². The molecule has 108 valence electrons. The standard InChI is InChI=1S/C13H13BrF2N2O2/c1-6-3-8(4-7(2)11(6)14)13-17-10(20-18-13)5-9(19)12(15)16/h3-4,9,12,19H,5H2,1-2H3. The molecule has 0 aliphatic carbocycles. The largest absolute Gasteiger partial charge is 0.387 e. The maximum absolute atomic E-state index is 12.2. The minimum atomic E-state index is -2.83. The highest BCUT2D eigenvalue weighted by atomic mass is 79.9. The van der Waals surface area contributed by atoms with Crippen molar-refractivity contribution in [3.8, 4) is 11.4 Å². The molecule has 1 heterocycles. The number of hydrogen-bond acceptors (Lipinski definition) is 4. The number of hydrogen-bond donors (Lipinski definition) is 1. The zero-order chi connectivity index (χ0) is 14.9. The highest BCUT2D eigenvalue weighted by molar-refractivity contribution is 9.10. The summed E-state index contributed by atoms with van der Waals surface area (Å²) < 4.78 is 30.4. The van der Waals surface area contributed by atoms with Gasteiger partial charge >= 0.3 is 0 Å². The molecule has 1 N–H and O–H groups in total. The van der Waals surface area contributed by atoms with Crippen LogP contribution in [0.4, 0.5) is 8.78 Å². The molecule has 7 heteroatoms. The summed E-state index contributed by atoms with van der Waals surface area (Å²) in [7, 11) is 0. The van der Waals surface area contributed by atoms with Gasteiger partial charge in [0.2, 0.25) is 11.7 Å². The lowest BCUT2D eigenvalue weighted by Gasteiger charge is -2.05. The van der Waals surface area contributed by atoms with Crippen molar-refractivity contribution in [3.05, 3.63) is 33.6 Å². The molecule has 2 rings (SSSR count). The first kappa shape index (κ1) is 15.1. The van der Waals surface area contributed by atoms with Crippen molar-refractivity contribution in [2.75, 3.05) is 0 Å². The number of aromatic nitrogens is 2. The zero-order valence-corrected chi connectivity index (χ0v) is 12.5. The fourth-order valence-electron chi connectivity index (χ4n) is 1.80. The van der Waals surface area contributed by atoms with Crippen LogP contribution in [0.1, 0.15) is 17.0 Å². The monoisotopic (exact) mass is 346 g/mol. The Bertz CT molecular complexity index is 593. The first-order chi connectivity index (χ1) is 9.38. The predicted molar refractivity (Wildman–Crippen MR) is 72.6 cm³/mol. The normalized spacial score (nSPS) is 12.9. The van der Waals surface area contributed by atoms with E-state index < -0.39 is 12.5 Å². The van der Waals surface area contributed by atoms with E-state index in [1.807, 2.05) is 26.0 Å². The Morgan fingerprint density at radius 1 is 1.30 bits per heavy atom. The minimum absolute atomic E-state index is 0.00831. The van der Waals surface area contributed by atoms with Crippen molar-refractivity contribution in [2.45, 2.75) is 32.8 Å². The molecule has 0 bridgehead atoms. The number of aryl methyl sites for hydroxylation is 2. The number of aliphatic hydroxyl groups excluding tert-OH is 1. The summed E-state index contributed by atoms with van der Waals surface area (Å²) in [5.41, 5.74) is 2.77. The van der Waals surface area contributed by atoms with Gasteiger partial charge in [0.15, 0.2) is 0 Å². The molecule has 1 aromatic carbocycles. The highest BCUT2D eigenvalue weighted by Crippen LogP contribution is 2.27. The third-order valence-corrected chi connectivity index (χ3v) is 4.09. The van der Waals surface area contributed by atoms with Gasteiger partial charge in [-0.2, -0.15) is 4.98 Å². The van der Waals surface area contributed by atoms with Gasteiger partial charge in [-0.05, 0) is 37.1 Å². The Kier molecular flexibility index (Phi) is 4.49. The van der Waals surface area contributed by atoms with Gasteiger partial charge in [-0.1, -0.05) is 21.1 Å². The maximum Gasteiger partial charge on any atom is 0.264 e. The van der Waals surface area contributed by atoms with Gasteiger partial charge in [0, 0.05) is 10.0 Å². The molecular weight excluding hydrogens is 334 g/mol. The van der Waals surface area contributed by atoms with E-state index in [4.69, 9.17) is 9.63 Å². The van der Waals surface area contributed by atoms with Crippen LogP contribution in [0.15, 0.2) is 21.1 Å². The molecule has 2 aromatic rings. The predicted octanol–water partition coefficient (Wildman–Crippen LogP) is 3.28. The van der Waals surface area contributed by atoms with Crippen molar-refractivity contribution >= 4 is 15.9 Å². The summed E-state index contributed by atoms with van der Waals surface area (Å²) in [4.78, 5) is 4.03. The second-order valence-electron chi connectivity index (χ2n) is 4.54. The van der Waals surface area contributed by atoms with Gasteiger partial charge in [-0.3, -0.25) is 0 Å². The van der Waals surface area contributed by atoms with Gasteiger partial charge in [-0.25, -0.2) is 8.78 Å². The van der Waals surface area contributed by atoms with Crippen LogP contribution >= 0.6 is 15.9 Å². The molecule has 0 saturated heterocycles. The molecule has 0 amide bonds. The van der Waals surface area contributed by atoms with Crippen LogP contribution in [0.2, 0.25) is 0 Å². The number of aliphatic hydroxyl groups is 1. The zero-order valence-electron chi connectivity index (χ0n) is 10.9. The van der Waals surface area contributed by atoms with Gasteiger partial charge < -0.3 is 9.63 Å². The van der Waals surface area contributed by atoms with E-state index >= 15 is 0 Å². The summed E-state index contributed by atoms with van der Waals surface area (Å²) in [5.74, 6) is 0.311. The van der Waals surface area contributed by atoms with Gasteiger partial charge in [0.05, 0.1) is 6.42 Å². The topological polar surface area (TPSA) is 59.2 Å². The SMILES string of the molecule is Cc1cc(-c2noc(CC(O)C(F)F)n2)cc(C)c1Br. The molecule has 0 aliphatic rings. The van der Waals surface area contributed by atoms with Crippen molar-refractivity contribution in [3.63, 3.8) is 0 Å². The lowest BCUT2D eigenvalue weighted by atomic mass is 10.1. The molecular formula is C13H13BrF2N2O2. The molecule has 0 fully saturated rings. The summed E-state index contributed by atoms with van der Waals surface area (Å²) in [5, 5.41) is 12.9.